The Morgan fingerprint density at radius 3 is 2.27 bits per heavy atom. The van der Waals surface area contributed by atoms with Crippen LogP contribution in [0.15, 0.2) is 72.8 Å². The molecule has 0 bridgehead atoms. The Morgan fingerprint density at radius 2 is 1.57 bits per heavy atom. The highest BCUT2D eigenvalue weighted by molar-refractivity contribution is 6.52. The lowest BCUT2D eigenvalue weighted by atomic mass is 9.78. The highest BCUT2D eigenvalue weighted by Gasteiger charge is 2.48. The van der Waals surface area contributed by atoms with Crippen molar-refractivity contribution in [2.45, 2.75) is 51.1 Å². The van der Waals surface area contributed by atoms with Crippen LogP contribution < -0.4 is 15.1 Å². The van der Waals surface area contributed by atoms with E-state index in [1.54, 1.807) is 29.2 Å². The number of aryl methyl sites for hydroxylation is 1. The zero-order valence-electron chi connectivity index (χ0n) is 25.1. The van der Waals surface area contributed by atoms with Gasteiger partial charge in [-0.05, 0) is 61.7 Å². The molecule has 0 spiro atoms. The third kappa shape index (κ3) is 5.84. The number of amides is 3. The Balaban J connectivity index is 1.30. The van der Waals surface area contributed by atoms with Crippen molar-refractivity contribution in [1.29, 1.82) is 0 Å². The first kappa shape index (κ1) is 29.6. The molecule has 9 nitrogen and oxygen atoms in total. The van der Waals surface area contributed by atoms with Gasteiger partial charge < -0.3 is 19.9 Å². The molecule has 0 aromatic heterocycles. The van der Waals surface area contributed by atoms with Crippen LogP contribution >= 0.6 is 0 Å². The summed E-state index contributed by atoms with van der Waals surface area (Å²) in [5.41, 5.74) is 3.31. The van der Waals surface area contributed by atoms with E-state index in [2.05, 4.69) is 10.2 Å². The van der Waals surface area contributed by atoms with E-state index in [9.17, 15) is 19.2 Å². The van der Waals surface area contributed by atoms with E-state index in [1.165, 1.54) is 4.90 Å². The number of ketones is 1. The number of morpholine rings is 1. The summed E-state index contributed by atoms with van der Waals surface area (Å²) in [6, 6.07) is 22.4. The number of nitrogens with zero attached hydrogens (tertiary/aromatic N) is 3. The quantitative estimate of drug-likeness (QED) is 0.379. The minimum Gasteiger partial charge on any atom is -0.378 e. The van der Waals surface area contributed by atoms with Crippen molar-refractivity contribution >= 4 is 40.6 Å². The number of hydrogen-bond donors (Lipinski definition) is 1. The average Bonchev–Trinajstić information content (AvgIpc) is 3.30. The highest BCUT2D eigenvalue weighted by Crippen LogP contribution is 2.37. The van der Waals surface area contributed by atoms with Gasteiger partial charge in [-0.3, -0.25) is 24.1 Å². The molecule has 1 aliphatic carbocycles. The molecular weight excluding hydrogens is 556 g/mol. The van der Waals surface area contributed by atoms with Crippen LogP contribution in [0.2, 0.25) is 0 Å². The molecule has 3 aromatic rings. The van der Waals surface area contributed by atoms with Gasteiger partial charge in [-0.2, -0.15) is 0 Å². The van der Waals surface area contributed by atoms with E-state index in [0.29, 0.717) is 43.0 Å². The zero-order valence-corrected chi connectivity index (χ0v) is 25.1. The summed E-state index contributed by atoms with van der Waals surface area (Å²) < 4.78 is 5.47. The minimum atomic E-state index is -1.12. The SMILES string of the molecule is Cc1ccc(CN(C(=O)CN2C(=O)C(=O)c3ccccc32)C2(C(=O)Nc3ccc(N4CCOCC4)cc3)CCCCC2)cc1. The van der Waals surface area contributed by atoms with E-state index in [1.807, 2.05) is 55.5 Å². The first-order valence-electron chi connectivity index (χ1n) is 15.4. The molecule has 9 heteroatoms. The third-order valence-corrected chi connectivity index (χ3v) is 9.06. The van der Waals surface area contributed by atoms with Gasteiger partial charge in [0.05, 0.1) is 24.5 Å². The van der Waals surface area contributed by atoms with E-state index < -0.39 is 17.2 Å². The maximum atomic E-state index is 14.4. The second kappa shape index (κ2) is 12.6. The number of carbonyl (C=O) groups excluding carboxylic acids is 4. The Bertz CT molecular complexity index is 1540. The standard InChI is InChI=1S/C35H38N4O5/c1-25-9-11-26(12-10-25)23-39(31(40)24-38-30-8-4-3-7-29(30)32(41)33(38)42)35(17-5-2-6-18-35)34(43)36-27-13-15-28(16-14-27)37-19-21-44-22-20-37/h3-4,7-16H,2,5-6,17-24H2,1H3,(H,36,43). The van der Waals surface area contributed by atoms with Gasteiger partial charge in [-0.25, -0.2) is 0 Å². The fraction of sp³-hybridized carbons (Fsp3) is 0.371. The molecule has 2 aliphatic heterocycles. The smallest absolute Gasteiger partial charge is 0.299 e. The molecule has 0 radical (unpaired) electrons. The van der Waals surface area contributed by atoms with Crippen LogP contribution in [0.25, 0.3) is 0 Å². The third-order valence-electron chi connectivity index (χ3n) is 9.06. The number of carbonyl (C=O) groups is 4. The van der Waals surface area contributed by atoms with Crippen molar-refractivity contribution in [3.8, 4) is 0 Å². The van der Waals surface area contributed by atoms with Gasteiger partial charge in [0.1, 0.15) is 12.1 Å². The van der Waals surface area contributed by atoms with Crippen molar-refractivity contribution in [1.82, 2.24) is 4.90 Å². The molecule has 3 amide bonds. The molecule has 228 valence electrons. The fourth-order valence-electron chi connectivity index (χ4n) is 6.56. The molecule has 1 N–H and O–H groups in total. The fourth-order valence-corrected chi connectivity index (χ4v) is 6.56. The number of nitrogens with one attached hydrogen (secondary N) is 1. The summed E-state index contributed by atoms with van der Waals surface area (Å²) in [6.45, 7) is 4.90. The van der Waals surface area contributed by atoms with E-state index >= 15 is 0 Å². The van der Waals surface area contributed by atoms with Gasteiger partial charge in [0.25, 0.3) is 11.7 Å². The Labute approximate surface area is 257 Å². The first-order valence-corrected chi connectivity index (χ1v) is 15.4. The summed E-state index contributed by atoms with van der Waals surface area (Å²) in [6.07, 6.45) is 3.58. The van der Waals surface area contributed by atoms with Crippen molar-refractivity contribution in [3.05, 3.63) is 89.5 Å². The number of benzene rings is 3. The van der Waals surface area contributed by atoms with Crippen LogP contribution in [0, 0.1) is 6.92 Å². The van der Waals surface area contributed by atoms with Gasteiger partial charge in [-0.15, -0.1) is 0 Å². The van der Waals surface area contributed by atoms with Gasteiger partial charge >= 0.3 is 0 Å². The summed E-state index contributed by atoms with van der Waals surface area (Å²) in [5, 5.41) is 3.13. The first-order chi connectivity index (χ1) is 21.4. The van der Waals surface area contributed by atoms with Crippen molar-refractivity contribution in [2.75, 3.05) is 48.0 Å². The van der Waals surface area contributed by atoms with Crippen LogP contribution in [0.1, 0.15) is 53.6 Å². The lowest BCUT2D eigenvalue weighted by Gasteiger charge is -2.45. The lowest BCUT2D eigenvalue weighted by molar-refractivity contribution is -0.148. The van der Waals surface area contributed by atoms with Crippen LogP contribution in [-0.4, -0.2) is 66.8 Å². The maximum absolute atomic E-state index is 14.4. The molecular formula is C35H38N4O5. The topological polar surface area (TPSA) is 99.3 Å². The molecule has 0 unspecified atom stereocenters. The largest absolute Gasteiger partial charge is 0.378 e. The highest BCUT2D eigenvalue weighted by atomic mass is 16.5. The maximum Gasteiger partial charge on any atom is 0.299 e. The Kier molecular flexibility index (Phi) is 8.48. The molecule has 3 aromatic carbocycles. The Morgan fingerprint density at radius 1 is 0.886 bits per heavy atom. The normalized spacial score (nSPS) is 17.8. The van der Waals surface area contributed by atoms with Crippen LogP contribution in [0.3, 0.4) is 0 Å². The molecule has 2 fully saturated rings. The van der Waals surface area contributed by atoms with Crippen molar-refractivity contribution in [2.24, 2.45) is 0 Å². The monoisotopic (exact) mass is 594 g/mol. The van der Waals surface area contributed by atoms with E-state index in [-0.39, 0.29) is 24.9 Å². The van der Waals surface area contributed by atoms with Gasteiger partial charge in [-0.1, -0.05) is 61.2 Å². The molecule has 3 aliphatic rings. The van der Waals surface area contributed by atoms with Crippen LogP contribution in [0.4, 0.5) is 17.1 Å². The molecule has 2 heterocycles. The second-order valence-corrected chi connectivity index (χ2v) is 11.9. The predicted octanol–water partition coefficient (Wildman–Crippen LogP) is 4.73. The lowest BCUT2D eigenvalue weighted by Crippen LogP contribution is -2.61. The molecule has 44 heavy (non-hydrogen) atoms. The molecule has 0 atom stereocenters. The van der Waals surface area contributed by atoms with Crippen LogP contribution in [0.5, 0.6) is 0 Å². The number of rotatable bonds is 8. The average molecular weight is 595 g/mol. The summed E-state index contributed by atoms with van der Waals surface area (Å²) >= 11 is 0. The molecule has 1 saturated carbocycles. The number of hydrogen-bond acceptors (Lipinski definition) is 6. The van der Waals surface area contributed by atoms with Gasteiger partial charge in [0.2, 0.25) is 11.8 Å². The second-order valence-electron chi connectivity index (χ2n) is 11.9. The number of anilines is 3. The molecule has 6 rings (SSSR count). The zero-order chi connectivity index (χ0) is 30.7. The Hall–Kier alpha value is -4.50. The van der Waals surface area contributed by atoms with Crippen molar-refractivity contribution in [3.63, 3.8) is 0 Å². The predicted molar refractivity (Wildman–Crippen MR) is 169 cm³/mol. The van der Waals surface area contributed by atoms with E-state index in [4.69, 9.17) is 4.74 Å². The van der Waals surface area contributed by atoms with Gasteiger partial charge in [0.15, 0.2) is 0 Å². The number of Topliss-reactive ketones (excluding diaryl/α,β-unsaturated/α-hetero) is 1. The number of fused-ring (bicyclic) bond motifs is 1. The molecule has 1 saturated heterocycles. The summed E-state index contributed by atoms with van der Waals surface area (Å²) in [7, 11) is 0. The summed E-state index contributed by atoms with van der Waals surface area (Å²) in [4.78, 5) is 59.6. The van der Waals surface area contributed by atoms with Crippen LogP contribution in [-0.2, 0) is 25.7 Å². The van der Waals surface area contributed by atoms with Crippen molar-refractivity contribution < 1.29 is 23.9 Å². The number of para-hydroxylation sites is 1. The van der Waals surface area contributed by atoms with E-state index in [0.717, 1.165) is 49.2 Å². The summed E-state index contributed by atoms with van der Waals surface area (Å²) in [5.74, 6) is -1.95. The number of ether oxygens (including phenoxy) is 1. The minimum absolute atomic E-state index is 0.208. The van der Waals surface area contributed by atoms with Gasteiger partial charge in [0, 0.05) is 31.0 Å².